The van der Waals surface area contributed by atoms with Crippen LogP contribution in [0.5, 0.6) is 5.75 Å². The lowest BCUT2D eigenvalue weighted by Gasteiger charge is -2.13. The number of carboxylic acids is 1. The van der Waals surface area contributed by atoms with Gasteiger partial charge in [-0.25, -0.2) is 4.79 Å². The minimum absolute atomic E-state index is 0.102. The van der Waals surface area contributed by atoms with Gasteiger partial charge in [-0.2, -0.15) is 0 Å². The zero-order valence-electron chi connectivity index (χ0n) is 9.51. The first-order valence-electron chi connectivity index (χ1n) is 4.97. The molecule has 0 bridgehead atoms. The van der Waals surface area contributed by atoms with Gasteiger partial charge in [-0.1, -0.05) is 11.6 Å². The summed E-state index contributed by atoms with van der Waals surface area (Å²) in [5, 5.41) is 20.0. The molecular formula is C11H12ClNO5. The van der Waals surface area contributed by atoms with Crippen molar-refractivity contribution < 1.29 is 24.5 Å². The lowest BCUT2D eigenvalue weighted by atomic mass is 10.1. The molecule has 7 heteroatoms. The van der Waals surface area contributed by atoms with Crippen molar-refractivity contribution in [2.75, 3.05) is 13.7 Å². The fraction of sp³-hybridized carbons (Fsp3) is 0.273. The Hall–Kier alpha value is -1.79. The number of aliphatic hydroxyl groups is 1. The fourth-order valence-corrected chi connectivity index (χ4v) is 1.45. The van der Waals surface area contributed by atoms with E-state index in [2.05, 4.69) is 5.32 Å². The van der Waals surface area contributed by atoms with Gasteiger partial charge in [-0.05, 0) is 18.2 Å². The third-order valence-electron chi connectivity index (χ3n) is 2.19. The van der Waals surface area contributed by atoms with Gasteiger partial charge < -0.3 is 20.3 Å². The van der Waals surface area contributed by atoms with Gasteiger partial charge in [0.15, 0.2) is 6.04 Å². The van der Waals surface area contributed by atoms with Crippen LogP contribution in [0.1, 0.15) is 10.4 Å². The predicted octanol–water partition coefficient (Wildman–Crippen LogP) is 0.524. The van der Waals surface area contributed by atoms with E-state index in [4.69, 9.17) is 26.6 Å². The number of carbonyl (C=O) groups excluding carboxylic acids is 1. The van der Waals surface area contributed by atoms with Crippen LogP contribution in [-0.4, -0.2) is 41.8 Å². The van der Waals surface area contributed by atoms with Crippen molar-refractivity contribution in [3.05, 3.63) is 28.8 Å². The number of nitrogens with one attached hydrogen (secondary N) is 1. The molecule has 6 nitrogen and oxygen atoms in total. The molecule has 18 heavy (non-hydrogen) atoms. The predicted molar refractivity (Wildman–Crippen MR) is 64.0 cm³/mol. The molecule has 1 amide bonds. The van der Waals surface area contributed by atoms with E-state index in [9.17, 15) is 9.59 Å². The molecule has 1 aromatic rings. The molecular weight excluding hydrogens is 262 g/mol. The van der Waals surface area contributed by atoms with Crippen molar-refractivity contribution in [1.29, 1.82) is 0 Å². The van der Waals surface area contributed by atoms with E-state index < -0.39 is 24.5 Å². The SMILES string of the molecule is COc1ccc(Cl)cc1C(=O)N[C@@H](CO)C(=O)O. The molecule has 0 aliphatic carbocycles. The molecule has 0 heterocycles. The molecule has 0 saturated carbocycles. The normalized spacial score (nSPS) is 11.7. The van der Waals surface area contributed by atoms with Gasteiger partial charge >= 0.3 is 5.97 Å². The Labute approximate surface area is 108 Å². The third kappa shape index (κ3) is 3.35. The zero-order valence-corrected chi connectivity index (χ0v) is 10.3. The largest absolute Gasteiger partial charge is 0.496 e. The van der Waals surface area contributed by atoms with Gasteiger partial charge in [0.05, 0.1) is 19.3 Å². The first-order chi connectivity index (χ1) is 8.49. The molecule has 0 aliphatic heterocycles. The lowest BCUT2D eigenvalue weighted by molar-refractivity contribution is -0.140. The van der Waals surface area contributed by atoms with Crippen molar-refractivity contribution in [2.45, 2.75) is 6.04 Å². The summed E-state index contributed by atoms with van der Waals surface area (Å²) in [6.45, 7) is -0.704. The van der Waals surface area contributed by atoms with E-state index in [1.807, 2.05) is 0 Å². The molecule has 0 aromatic heterocycles. The molecule has 0 aliphatic rings. The zero-order chi connectivity index (χ0) is 13.7. The molecule has 0 fully saturated rings. The van der Waals surface area contributed by atoms with Crippen LogP contribution in [0.4, 0.5) is 0 Å². The summed E-state index contributed by atoms with van der Waals surface area (Å²) in [6.07, 6.45) is 0. The summed E-state index contributed by atoms with van der Waals surface area (Å²) < 4.78 is 4.97. The lowest BCUT2D eigenvalue weighted by Crippen LogP contribution is -2.43. The number of hydrogen-bond acceptors (Lipinski definition) is 4. The number of ether oxygens (including phenoxy) is 1. The molecule has 1 rings (SSSR count). The fourth-order valence-electron chi connectivity index (χ4n) is 1.28. The van der Waals surface area contributed by atoms with E-state index in [0.29, 0.717) is 5.02 Å². The van der Waals surface area contributed by atoms with Crippen LogP contribution in [0.2, 0.25) is 5.02 Å². The monoisotopic (exact) mass is 273 g/mol. The highest BCUT2D eigenvalue weighted by Crippen LogP contribution is 2.22. The number of aliphatic carboxylic acids is 1. The summed E-state index contributed by atoms with van der Waals surface area (Å²) in [5.74, 6) is -1.75. The van der Waals surface area contributed by atoms with Gasteiger partial charge in [-0.15, -0.1) is 0 Å². The Morgan fingerprint density at radius 2 is 2.17 bits per heavy atom. The number of rotatable bonds is 5. The Kier molecular flexibility index (Phi) is 4.94. The van der Waals surface area contributed by atoms with Gasteiger partial charge in [0.2, 0.25) is 0 Å². The first kappa shape index (κ1) is 14.3. The van der Waals surface area contributed by atoms with E-state index in [1.165, 1.54) is 25.3 Å². The van der Waals surface area contributed by atoms with E-state index in [-0.39, 0.29) is 11.3 Å². The van der Waals surface area contributed by atoms with Crippen LogP contribution < -0.4 is 10.1 Å². The Bertz CT molecular complexity index is 463. The number of halogens is 1. The maximum Gasteiger partial charge on any atom is 0.328 e. The second-order valence-electron chi connectivity index (χ2n) is 3.39. The number of benzene rings is 1. The number of carboxylic acid groups (broad SMARTS) is 1. The summed E-state index contributed by atoms with van der Waals surface area (Å²) in [4.78, 5) is 22.5. The standard InChI is InChI=1S/C11H12ClNO5/c1-18-9-3-2-6(12)4-7(9)10(15)13-8(5-14)11(16)17/h2-4,8,14H,5H2,1H3,(H,13,15)(H,16,17)/t8-/m0/s1. The number of amides is 1. The highest BCUT2D eigenvalue weighted by molar-refractivity contribution is 6.31. The molecule has 0 spiro atoms. The molecule has 0 unspecified atom stereocenters. The van der Waals surface area contributed by atoms with E-state index in [1.54, 1.807) is 0 Å². The maximum absolute atomic E-state index is 11.8. The summed E-state index contributed by atoms with van der Waals surface area (Å²) in [6, 6.07) is 3.01. The van der Waals surface area contributed by atoms with Crippen LogP contribution in [0.3, 0.4) is 0 Å². The number of hydrogen-bond donors (Lipinski definition) is 3. The Morgan fingerprint density at radius 3 is 2.67 bits per heavy atom. The second-order valence-corrected chi connectivity index (χ2v) is 3.83. The summed E-state index contributed by atoms with van der Waals surface area (Å²) in [7, 11) is 1.38. The van der Waals surface area contributed by atoms with Crippen molar-refractivity contribution in [1.82, 2.24) is 5.32 Å². The van der Waals surface area contributed by atoms with Crippen LogP contribution in [-0.2, 0) is 4.79 Å². The Morgan fingerprint density at radius 1 is 1.50 bits per heavy atom. The van der Waals surface area contributed by atoms with Crippen molar-refractivity contribution in [3.63, 3.8) is 0 Å². The topological polar surface area (TPSA) is 95.9 Å². The molecule has 3 N–H and O–H groups in total. The van der Waals surface area contributed by atoms with Gasteiger partial charge in [-0.3, -0.25) is 4.79 Å². The smallest absolute Gasteiger partial charge is 0.328 e. The van der Waals surface area contributed by atoms with Gasteiger partial charge in [0, 0.05) is 5.02 Å². The Balaban J connectivity index is 2.96. The average molecular weight is 274 g/mol. The average Bonchev–Trinajstić information content (AvgIpc) is 2.35. The van der Waals surface area contributed by atoms with Crippen molar-refractivity contribution in [3.8, 4) is 5.75 Å². The molecule has 1 aromatic carbocycles. The number of aliphatic hydroxyl groups excluding tert-OH is 1. The van der Waals surface area contributed by atoms with Crippen LogP contribution in [0.25, 0.3) is 0 Å². The van der Waals surface area contributed by atoms with E-state index >= 15 is 0 Å². The molecule has 0 saturated heterocycles. The third-order valence-corrected chi connectivity index (χ3v) is 2.43. The highest BCUT2D eigenvalue weighted by Gasteiger charge is 2.21. The van der Waals surface area contributed by atoms with Crippen molar-refractivity contribution >= 4 is 23.5 Å². The minimum atomic E-state index is -1.37. The first-order valence-corrected chi connectivity index (χ1v) is 5.35. The number of carbonyl (C=O) groups is 2. The molecule has 1 atom stereocenters. The highest BCUT2D eigenvalue weighted by atomic mass is 35.5. The quantitative estimate of drug-likeness (QED) is 0.727. The molecule has 0 radical (unpaired) electrons. The van der Waals surface area contributed by atoms with Crippen LogP contribution >= 0.6 is 11.6 Å². The minimum Gasteiger partial charge on any atom is -0.496 e. The van der Waals surface area contributed by atoms with Crippen LogP contribution in [0.15, 0.2) is 18.2 Å². The number of methoxy groups -OCH3 is 1. The van der Waals surface area contributed by atoms with Crippen LogP contribution in [0, 0.1) is 0 Å². The van der Waals surface area contributed by atoms with Gasteiger partial charge in [0.25, 0.3) is 5.91 Å². The van der Waals surface area contributed by atoms with Crippen molar-refractivity contribution in [2.24, 2.45) is 0 Å². The summed E-state index contributed by atoms with van der Waals surface area (Å²) in [5.41, 5.74) is 0.102. The maximum atomic E-state index is 11.8. The second kappa shape index (κ2) is 6.23. The van der Waals surface area contributed by atoms with Gasteiger partial charge in [0.1, 0.15) is 5.75 Å². The van der Waals surface area contributed by atoms with E-state index in [0.717, 1.165) is 0 Å². The molecule has 98 valence electrons. The summed E-state index contributed by atoms with van der Waals surface area (Å²) >= 11 is 5.75.